The Kier molecular flexibility index (Phi) is 8.03. The van der Waals surface area contributed by atoms with Crippen LogP contribution in [0.25, 0.3) is 0 Å². The van der Waals surface area contributed by atoms with Crippen molar-refractivity contribution in [1.82, 2.24) is 9.88 Å². The van der Waals surface area contributed by atoms with Crippen molar-refractivity contribution in [3.63, 3.8) is 0 Å². The van der Waals surface area contributed by atoms with Crippen LogP contribution in [-0.2, 0) is 27.4 Å². The van der Waals surface area contributed by atoms with E-state index >= 15 is 0 Å². The predicted octanol–water partition coefficient (Wildman–Crippen LogP) is 2.96. The van der Waals surface area contributed by atoms with Crippen molar-refractivity contribution in [2.24, 2.45) is 0 Å². The Hall–Kier alpha value is -1.96. The number of amides is 1. The van der Waals surface area contributed by atoms with E-state index in [1.807, 2.05) is 31.4 Å². The quantitative estimate of drug-likeness (QED) is 0.636. The maximum atomic E-state index is 12.1. The van der Waals surface area contributed by atoms with Crippen LogP contribution in [0.1, 0.15) is 21.8 Å². The van der Waals surface area contributed by atoms with E-state index in [0.717, 1.165) is 16.5 Å². The molecule has 0 spiro atoms. The molecular weight excluding hydrogens is 352 g/mol. The summed E-state index contributed by atoms with van der Waals surface area (Å²) in [5, 5.41) is 2.84. The largest absolute Gasteiger partial charge is 0.486 e. The van der Waals surface area contributed by atoms with Gasteiger partial charge in [-0.1, -0.05) is 6.07 Å². The zero-order chi connectivity index (χ0) is 18.9. The molecule has 0 bridgehead atoms. The van der Waals surface area contributed by atoms with Gasteiger partial charge in [-0.2, -0.15) is 0 Å². The van der Waals surface area contributed by atoms with Crippen LogP contribution < -0.4 is 4.74 Å². The van der Waals surface area contributed by atoms with E-state index in [2.05, 4.69) is 11.1 Å². The number of carbonyl (C=O) groups excluding carboxylic acids is 1. The molecule has 0 aliphatic rings. The van der Waals surface area contributed by atoms with E-state index < -0.39 is 0 Å². The number of nitrogens with zero attached hydrogens (tertiary/aromatic N) is 2. The van der Waals surface area contributed by atoms with E-state index in [-0.39, 0.29) is 12.5 Å². The van der Waals surface area contributed by atoms with Crippen LogP contribution in [0.4, 0.5) is 0 Å². The van der Waals surface area contributed by atoms with Crippen LogP contribution in [0.2, 0.25) is 0 Å². The van der Waals surface area contributed by atoms with Gasteiger partial charge in [-0.3, -0.25) is 4.79 Å². The predicted molar refractivity (Wildman–Crippen MR) is 102 cm³/mol. The third-order valence-electron chi connectivity index (χ3n) is 3.70. The summed E-state index contributed by atoms with van der Waals surface area (Å²) in [4.78, 5) is 18.4. The monoisotopic (exact) mass is 378 g/mol. The summed E-state index contributed by atoms with van der Waals surface area (Å²) in [5.74, 6) is 0.766. The highest BCUT2D eigenvalue weighted by molar-refractivity contribution is 7.09. The van der Waals surface area contributed by atoms with Gasteiger partial charge in [-0.15, -0.1) is 11.3 Å². The minimum Gasteiger partial charge on any atom is -0.486 e. The van der Waals surface area contributed by atoms with Crippen LogP contribution in [-0.4, -0.2) is 49.8 Å². The number of benzene rings is 1. The van der Waals surface area contributed by atoms with Gasteiger partial charge in [0.1, 0.15) is 24.0 Å². The fourth-order valence-electron chi connectivity index (χ4n) is 2.55. The second-order valence-corrected chi connectivity index (χ2v) is 7.03. The van der Waals surface area contributed by atoms with E-state index in [4.69, 9.17) is 14.2 Å². The molecule has 1 heterocycles. The maximum absolute atomic E-state index is 12.1. The molecule has 1 aromatic heterocycles. The van der Waals surface area contributed by atoms with Crippen LogP contribution in [0, 0.1) is 13.8 Å². The van der Waals surface area contributed by atoms with Crippen molar-refractivity contribution in [3.05, 3.63) is 45.4 Å². The molecule has 142 valence electrons. The van der Waals surface area contributed by atoms with Crippen LogP contribution in [0.3, 0.4) is 0 Å². The summed E-state index contributed by atoms with van der Waals surface area (Å²) in [6.07, 6.45) is 0. The second-order valence-electron chi connectivity index (χ2n) is 6.09. The SMILES string of the molecule is COCCN(Cc1csc(COc2cc(C)cc(C)c2)n1)C(=O)COC. The maximum Gasteiger partial charge on any atom is 0.248 e. The summed E-state index contributed by atoms with van der Waals surface area (Å²) in [6.45, 7) is 5.98. The Morgan fingerprint density at radius 3 is 2.54 bits per heavy atom. The molecule has 2 rings (SSSR count). The molecule has 0 atom stereocenters. The zero-order valence-electron chi connectivity index (χ0n) is 15.8. The van der Waals surface area contributed by atoms with Crippen molar-refractivity contribution in [2.75, 3.05) is 34.0 Å². The molecular formula is C19H26N2O4S. The molecule has 6 nitrogen and oxygen atoms in total. The van der Waals surface area contributed by atoms with Gasteiger partial charge < -0.3 is 19.1 Å². The average molecular weight is 378 g/mol. The van der Waals surface area contributed by atoms with Gasteiger partial charge >= 0.3 is 0 Å². The number of aryl methyl sites for hydroxylation is 2. The van der Waals surface area contributed by atoms with Gasteiger partial charge in [0, 0.05) is 26.1 Å². The highest BCUT2D eigenvalue weighted by Crippen LogP contribution is 2.19. The molecule has 0 radical (unpaired) electrons. The third kappa shape index (κ3) is 6.40. The summed E-state index contributed by atoms with van der Waals surface area (Å²) in [6, 6.07) is 6.13. The van der Waals surface area contributed by atoms with Crippen LogP contribution in [0.15, 0.2) is 23.6 Å². The number of hydrogen-bond donors (Lipinski definition) is 0. The molecule has 0 N–H and O–H groups in total. The number of thiazole rings is 1. The second kappa shape index (κ2) is 10.3. The van der Waals surface area contributed by atoms with E-state index in [1.165, 1.54) is 29.6 Å². The number of carbonyl (C=O) groups is 1. The fourth-order valence-corrected chi connectivity index (χ4v) is 3.25. The lowest BCUT2D eigenvalue weighted by atomic mass is 10.1. The van der Waals surface area contributed by atoms with Crippen LogP contribution in [0.5, 0.6) is 5.75 Å². The van der Waals surface area contributed by atoms with Gasteiger partial charge in [0.05, 0.1) is 18.8 Å². The van der Waals surface area contributed by atoms with Crippen molar-refractivity contribution >= 4 is 17.2 Å². The first kappa shape index (κ1) is 20.4. The Morgan fingerprint density at radius 1 is 1.15 bits per heavy atom. The lowest BCUT2D eigenvalue weighted by Crippen LogP contribution is -2.36. The molecule has 0 fully saturated rings. The highest BCUT2D eigenvalue weighted by Gasteiger charge is 2.15. The summed E-state index contributed by atoms with van der Waals surface area (Å²) in [5.41, 5.74) is 3.19. The first-order chi connectivity index (χ1) is 12.5. The smallest absolute Gasteiger partial charge is 0.248 e. The summed E-state index contributed by atoms with van der Waals surface area (Å²) >= 11 is 1.53. The number of ether oxygens (including phenoxy) is 3. The van der Waals surface area contributed by atoms with Gasteiger partial charge in [0.25, 0.3) is 0 Å². The number of aromatic nitrogens is 1. The van der Waals surface area contributed by atoms with Crippen molar-refractivity contribution < 1.29 is 19.0 Å². The Labute approximate surface area is 158 Å². The Balaban J connectivity index is 1.95. The van der Waals surface area contributed by atoms with Crippen molar-refractivity contribution in [1.29, 1.82) is 0 Å². The number of methoxy groups -OCH3 is 2. The lowest BCUT2D eigenvalue weighted by molar-refractivity contribution is -0.136. The molecule has 0 saturated carbocycles. The minimum atomic E-state index is -0.0782. The van der Waals surface area contributed by atoms with Crippen molar-refractivity contribution in [3.8, 4) is 5.75 Å². The van der Waals surface area contributed by atoms with Gasteiger partial charge in [-0.05, 0) is 37.1 Å². The molecule has 1 aromatic carbocycles. The summed E-state index contributed by atoms with van der Waals surface area (Å²) < 4.78 is 15.9. The minimum absolute atomic E-state index is 0.0521. The lowest BCUT2D eigenvalue weighted by Gasteiger charge is -2.21. The molecule has 0 saturated heterocycles. The standard InChI is InChI=1S/C19H26N2O4S/c1-14-7-15(2)9-17(8-14)25-11-18-20-16(13-26-18)10-21(5-6-23-3)19(22)12-24-4/h7-9,13H,5-6,10-12H2,1-4H3. The van der Waals surface area contributed by atoms with E-state index in [9.17, 15) is 4.79 Å². The molecule has 7 heteroatoms. The van der Waals surface area contributed by atoms with Gasteiger partial charge in [0.2, 0.25) is 5.91 Å². The number of hydrogen-bond acceptors (Lipinski definition) is 6. The normalized spacial score (nSPS) is 10.8. The first-order valence-corrected chi connectivity index (χ1v) is 9.29. The first-order valence-electron chi connectivity index (χ1n) is 8.42. The zero-order valence-corrected chi connectivity index (χ0v) is 16.6. The topological polar surface area (TPSA) is 60.9 Å². The van der Waals surface area contributed by atoms with Gasteiger partial charge in [-0.25, -0.2) is 4.98 Å². The van der Waals surface area contributed by atoms with Crippen LogP contribution >= 0.6 is 11.3 Å². The highest BCUT2D eigenvalue weighted by atomic mass is 32.1. The van der Waals surface area contributed by atoms with Crippen molar-refractivity contribution in [2.45, 2.75) is 27.0 Å². The third-order valence-corrected chi connectivity index (χ3v) is 4.57. The molecule has 0 aliphatic heterocycles. The van der Waals surface area contributed by atoms with E-state index in [0.29, 0.717) is 26.3 Å². The molecule has 0 aliphatic carbocycles. The molecule has 2 aromatic rings. The molecule has 0 unspecified atom stereocenters. The van der Waals surface area contributed by atoms with E-state index in [1.54, 1.807) is 12.0 Å². The number of rotatable bonds is 10. The average Bonchev–Trinajstić information content (AvgIpc) is 3.03. The fraction of sp³-hybridized carbons (Fsp3) is 0.474. The Morgan fingerprint density at radius 2 is 1.88 bits per heavy atom. The molecule has 26 heavy (non-hydrogen) atoms. The van der Waals surface area contributed by atoms with Gasteiger partial charge in [0.15, 0.2) is 0 Å². The Bertz CT molecular complexity index is 697. The molecule has 1 amide bonds. The summed E-state index contributed by atoms with van der Waals surface area (Å²) in [7, 11) is 3.13.